The van der Waals surface area contributed by atoms with E-state index in [0.717, 1.165) is 0 Å². The molecule has 0 heterocycles. The van der Waals surface area contributed by atoms with Gasteiger partial charge >= 0.3 is 0 Å². The molecule has 0 atom stereocenters. The molecule has 9 heteroatoms. The molecule has 0 fully saturated rings. The monoisotopic (exact) mass is 724 g/mol. The van der Waals surface area contributed by atoms with E-state index >= 15 is 0 Å². The summed E-state index contributed by atoms with van der Waals surface area (Å²) < 4.78 is 0. The quantitative estimate of drug-likeness (QED) is 0.235. The van der Waals surface area contributed by atoms with Crippen LogP contribution in [0, 0.1) is 0 Å². The molecule has 0 aliphatic heterocycles. The zero-order chi connectivity index (χ0) is 21.5. The fourth-order valence-electron chi connectivity index (χ4n) is 0. The van der Waals surface area contributed by atoms with Gasteiger partial charge in [-0.1, -0.05) is 118 Å². The van der Waals surface area contributed by atoms with Crippen molar-refractivity contribution < 1.29 is 0 Å². The molecular weight excluding hydrogens is 667 g/mol. The molecule has 16 radical (unpaired) electrons. The fourth-order valence-corrected chi connectivity index (χ4v) is 0. The van der Waals surface area contributed by atoms with Gasteiger partial charge in [0.15, 0.2) is 0 Å². The first-order chi connectivity index (χ1) is 10.4. The molecule has 0 amide bonds. The number of rotatable bonds is 0. The Balaban J connectivity index is -0.0000000201. The molecular formula is C18H54BaGe2Si6. The molecule has 27 heavy (non-hydrogen) atoms. The molecule has 0 aromatic rings. The van der Waals surface area contributed by atoms with Crippen LogP contribution in [0.15, 0.2) is 0 Å². The maximum absolute atomic E-state index is 2.27. The Morgan fingerprint density at radius 2 is 0.222 bits per heavy atom. The molecule has 0 aromatic heterocycles. The summed E-state index contributed by atoms with van der Waals surface area (Å²) in [5.41, 5.74) is 0. The van der Waals surface area contributed by atoms with Crippen LogP contribution in [-0.2, 0) is 0 Å². The van der Waals surface area contributed by atoms with Gasteiger partial charge in [-0.05, 0) is 0 Å². The summed E-state index contributed by atoms with van der Waals surface area (Å²) in [7, 11) is 0.722. The molecule has 0 aromatic carbocycles. The van der Waals surface area contributed by atoms with Gasteiger partial charge in [-0.3, -0.25) is 0 Å². The van der Waals surface area contributed by atoms with E-state index in [1.54, 1.807) is 0 Å². The largest absolute Gasteiger partial charge is 0.0715 e. The van der Waals surface area contributed by atoms with Crippen LogP contribution < -0.4 is 0 Å². The van der Waals surface area contributed by atoms with E-state index in [-0.39, 0.29) is 137 Å². The van der Waals surface area contributed by atoms with Gasteiger partial charge in [-0.25, -0.2) is 0 Å². The van der Waals surface area contributed by atoms with E-state index in [2.05, 4.69) is 118 Å². The Kier molecular flexibility index (Phi) is 111. The van der Waals surface area contributed by atoms with Crippen LogP contribution >= 0.6 is 0 Å². The van der Waals surface area contributed by atoms with Crippen LogP contribution in [0.5, 0.6) is 0 Å². The normalized spacial score (nSPS) is 8.00. The molecule has 160 valence electrons. The minimum atomic E-state index is 0. The van der Waals surface area contributed by atoms with Gasteiger partial charge < -0.3 is 0 Å². The Morgan fingerprint density at radius 1 is 0.222 bits per heavy atom. The van der Waals surface area contributed by atoms with E-state index < -0.39 is 0 Å². The molecule has 0 saturated carbocycles. The summed E-state index contributed by atoms with van der Waals surface area (Å²) in [5, 5.41) is 0. The SMILES string of the molecule is C[Si](C)C.C[Si](C)C.C[Si](C)C.C[Si](C)C.C[Si](C)C.C[Si](C)C.[Ba].[Ge].[Ge]. The zero-order valence-corrected chi connectivity index (χ0v) is 37.3. The van der Waals surface area contributed by atoms with Gasteiger partial charge in [0.2, 0.25) is 0 Å². The van der Waals surface area contributed by atoms with Crippen molar-refractivity contribution in [2.75, 3.05) is 0 Å². The number of hydrogen-bond acceptors (Lipinski definition) is 0. The van der Waals surface area contributed by atoms with Crippen LogP contribution in [-0.4, -0.2) is 137 Å². The van der Waals surface area contributed by atoms with E-state index in [1.807, 2.05) is 0 Å². The molecule has 0 unspecified atom stereocenters. The van der Waals surface area contributed by atoms with Crippen molar-refractivity contribution in [3.8, 4) is 0 Å². The zero-order valence-electron chi connectivity index (χ0n) is 22.7. The second-order valence-corrected chi connectivity index (χ2v) is 27.0. The van der Waals surface area contributed by atoms with E-state index in [0.29, 0.717) is 0 Å². The standard InChI is InChI=1S/6C3H9Si.Ba.2Ge/c6*1-4(2)3;;;/h6*1-3H3;;;. The summed E-state index contributed by atoms with van der Waals surface area (Å²) in [6, 6.07) is 0. The first kappa shape index (κ1) is 57.6. The Hall–Kier alpha value is 3.96. The third-order valence-electron chi connectivity index (χ3n) is 0. The summed E-state index contributed by atoms with van der Waals surface area (Å²) in [5.74, 6) is 0. The van der Waals surface area contributed by atoms with Crippen LogP contribution in [0.25, 0.3) is 0 Å². The van der Waals surface area contributed by atoms with Gasteiger partial charge in [0.05, 0.1) is 0 Å². The van der Waals surface area contributed by atoms with Gasteiger partial charge in [0, 0.05) is 137 Å². The van der Waals surface area contributed by atoms with Gasteiger partial charge in [-0.2, -0.15) is 0 Å². The number of hydrogen-bond donors (Lipinski definition) is 0. The topological polar surface area (TPSA) is 0 Å². The van der Waals surface area contributed by atoms with E-state index in [4.69, 9.17) is 0 Å². The van der Waals surface area contributed by atoms with Crippen molar-refractivity contribution in [1.29, 1.82) is 0 Å². The first-order valence-corrected chi connectivity index (χ1v) is 27.0. The van der Waals surface area contributed by atoms with Crippen LogP contribution in [0.4, 0.5) is 0 Å². The van der Waals surface area contributed by atoms with Gasteiger partial charge in [0.1, 0.15) is 0 Å². The molecule has 0 aliphatic carbocycles. The van der Waals surface area contributed by atoms with Crippen molar-refractivity contribution >= 4 is 137 Å². The fraction of sp³-hybridized carbons (Fsp3) is 1.00. The van der Waals surface area contributed by atoms with Crippen molar-refractivity contribution in [2.45, 2.75) is 118 Å². The first-order valence-electron chi connectivity index (χ1n) is 9.00. The molecule has 0 nitrogen and oxygen atoms in total. The van der Waals surface area contributed by atoms with Crippen molar-refractivity contribution in [3.05, 3.63) is 0 Å². The third-order valence-corrected chi connectivity index (χ3v) is 0. The molecule has 0 spiro atoms. The Morgan fingerprint density at radius 3 is 0.222 bits per heavy atom. The van der Waals surface area contributed by atoms with Crippen LogP contribution in [0.3, 0.4) is 0 Å². The molecule has 0 bridgehead atoms. The molecule has 0 N–H and O–H groups in total. The minimum absolute atomic E-state index is 0. The molecule has 0 rings (SSSR count). The maximum Gasteiger partial charge on any atom is 0.0379 e. The Bertz CT molecular complexity index is 111. The second-order valence-electron chi connectivity index (χ2n) is 9.00. The van der Waals surface area contributed by atoms with Crippen LogP contribution in [0.1, 0.15) is 0 Å². The molecule has 0 aliphatic rings. The predicted octanol–water partition coefficient (Wildman–Crippen LogP) is 7.08. The molecule has 0 saturated heterocycles. The van der Waals surface area contributed by atoms with Gasteiger partial charge in [0.25, 0.3) is 0 Å². The van der Waals surface area contributed by atoms with Crippen LogP contribution in [0.2, 0.25) is 118 Å². The summed E-state index contributed by atoms with van der Waals surface area (Å²) >= 11 is 0. The smallest absolute Gasteiger partial charge is 0.0379 e. The van der Waals surface area contributed by atoms with E-state index in [9.17, 15) is 0 Å². The second kappa shape index (κ2) is 52.1. The average molecular weight is 722 g/mol. The summed E-state index contributed by atoms with van der Waals surface area (Å²) in [6.45, 7) is 40.8. The Labute approximate surface area is 251 Å². The minimum Gasteiger partial charge on any atom is -0.0715 e. The third kappa shape index (κ3) is 1490. The van der Waals surface area contributed by atoms with Crippen molar-refractivity contribution in [3.63, 3.8) is 0 Å². The average Bonchev–Trinajstić information content (AvgIpc) is 2.08. The summed E-state index contributed by atoms with van der Waals surface area (Å²) in [4.78, 5) is 0. The van der Waals surface area contributed by atoms with Crippen molar-refractivity contribution in [2.24, 2.45) is 0 Å². The van der Waals surface area contributed by atoms with Crippen molar-refractivity contribution in [1.82, 2.24) is 0 Å². The summed E-state index contributed by atoms with van der Waals surface area (Å²) in [6.07, 6.45) is 0. The predicted molar refractivity (Wildman–Crippen MR) is 157 cm³/mol. The maximum atomic E-state index is 2.27. The van der Waals surface area contributed by atoms with Gasteiger partial charge in [-0.15, -0.1) is 0 Å². The van der Waals surface area contributed by atoms with E-state index in [1.165, 1.54) is 0 Å².